The third-order valence-electron chi connectivity index (χ3n) is 8.49. The highest BCUT2D eigenvalue weighted by Gasteiger charge is 2.34. The Kier molecular flexibility index (Phi) is 13.2. The first-order valence-corrected chi connectivity index (χ1v) is 16.5. The molecule has 48 heavy (non-hydrogen) atoms. The third-order valence-corrected chi connectivity index (χ3v) is 8.49. The first-order valence-electron chi connectivity index (χ1n) is 16.5. The van der Waals surface area contributed by atoms with E-state index in [4.69, 9.17) is 14.2 Å². The molecule has 1 heterocycles. The molecule has 0 saturated heterocycles. The number of Topliss-reactive ketones (excluding diaryl/α,β-unsaturated/α-hetero) is 2. The zero-order valence-corrected chi connectivity index (χ0v) is 29.7. The Morgan fingerprint density at radius 1 is 0.979 bits per heavy atom. The van der Waals surface area contributed by atoms with E-state index in [1.807, 2.05) is 25.1 Å². The number of amides is 3. The zero-order valence-electron chi connectivity index (χ0n) is 29.7. The van der Waals surface area contributed by atoms with Crippen LogP contribution in [0.1, 0.15) is 84.4 Å². The van der Waals surface area contributed by atoms with Crippen LogP contribution in [0.25, 0.3) is 11.1 Å². The van der Waals surface area contributed by atoms with Gasteiger partial charge in [-0.05, 0) is 82.3 Å². The van der Waals surface area contributed by atoms with E-state index in [0.717, 1.165) is 5.56 Å². The average Bonchev–Trinajstić information content (AvgIpc) is 3.02. The van der Waals surface area contributed by atoms with Gasteiger partial charge >= 0.3 is 6.09 Å². The van der Waals surface area contributed by atoms with Gasteiger partial charge in [-0.25, -0.2) is 4.79 Å². The van der Waals surface area contributed by atoms with Crippen LogP contribution in [-0.2, 0) is 30.3 Å². The summed E-state index contributed by atoms with van der Waals surface area (Å²) in [6.45, 7) is 10.7. The van der Waals surface area contributed by atoms with Crippen LogP contribution in [-0.4, -0.2) is 73.8 Å². The summed E-state index contributed by atoms with van der Waals surface area (Å²) in [5.41, 5.74) is 2.13. The molecule has 11 nitrogen and oxygen atoms in total. The minimum Gasteiger partial charge on any atom is -0.496 e. The highest BCUT2D eigenvalue weighted by Crippen LogP contribution is 2.40. The van der Waals surface area contributed by atoms with Gasteiger partial charge in [-0.1, -0.05) is 32.4 Å². The molecule has 262 valence electrons. The van der Waals surface area contributed by atoms with Crippen molar-refractivity contribution in [3.63, 3.8) is 0 Å². The average molecular weight is 666 g/mol. The van der Waals surface area contributed by atoms with Crippen molar-refractivity contribution in [2.24, 2.45) is 11.8 Å². The van der Waals surface area contributed by atoms with Crippen molar-refractivity contribution in [2.75, 3.05) is 27.8 Å². The second-order valence-corrected chi connectivity index (χ2v) is 13.6. The molecule has 1 aliphatic rings. The van der Waals surface area contributed by atoms with Crippen LogP contribution in [0.2, 0.25) is 0 Å². The minimum absolute atomic E-state index is 0.139. The second-order valence-electron chi connectivity index (χ2n) is 13.6. The number of hydrogen-bond donors (Lipinski definition) is 2. The zero-order chi connectivity index (χ0) is 35.8. The lowest BCUT2D eigenvalue weighted by molar-refractivity contribution is -0.142. The third kappa shape index (κ3) is 10.0. The number of likely N-dealkylation sites (N-methyl/N-ethyl adjacent to an activating group) is 1. The summed E-state index contributed by atoms with van der Waals surface area (Å²) in [5, 5.41) is 5.57. The van der Waals surface area contributed by atoms with Crippen molar-refractivity contribution in [3.05, 3.63) is 47.5 Å². The smallest absolute Gasteiger partial charge is 0.407 e. The Bertz CT molecular complexity index is 1500. The lowest BCUT2D eigenvalue weighted by atomic mass is 9.89. The first-order chi connectivity index (χ1) is 22.6. The number of ketones is 2. The number of ether oxygens (including phenoxy) is 3. The van der Waals surface area contributed by atoms with Crippen LogP contribution in [0.15, 0.2) is 36.4 Å². The van der Waals surface area contributed by atoms with Gasteiger partial charge in [0.05, 0.1) is 20.3 Å². The quantitative estimate of drug-likeness (QED) is 0.321. The molecule has 4 atom stereocenters. The van der Waals surface area contributed by atoms with E-state index in [0.29, 0.717) is 54.0 Å². The van der Waals surface area contributed by atoms with Gasteiger partial charge in [0, 0.05) is 43.0 Å². The lowest BCUT2D eigenvalue weighted by Gasteiger charge is -2.31. The van der Waals surface area contributed by atoms with Crippen molar-refractivity contribution in [3.8, 4) is 22.6 Å². The number of alkyl carbamates (subject to hydrolysis) is 1. The Morgan fingerprint density at radius 2 is 1.60 bits per heavy atom. The predicted octanol–water partition coefficient (Wildman–Crippen LogP) is 5.43. The fraction of sp³-hybridized carbons (Fsp3) is 0.541. The number of fused-ring (bicyclic) bond motifs is 5. The van der Waals surface area contributed by atoms with Crippen LogP contribution < -0.4 is 20.1 Å². The molecule has 4 bridgehead atoms. The molecule has 2 aromatic carbocycles. The van der Waals surface area contributed by atoms with Crippen molar-refractivity contribution >= 4 is 29.5 Å². The van der Waals surface area contributed by atoms with Crippen LogP contribution >= 0.6 is 0 Å². The number of carbonyl (C=O) groups is 5. The number of nitrogens with zero attached hydrogens (tertiary/aromatic N) is 1. The van der Waals surface area contributed by atoms with E-state index in [1.165, 1.54) is 11.8 Å². The molecule has 0 radical (unpaired) electrons. The molecule has 11 heteroatoms. The summed E-state index contributed by atoms with van der Waals surface area (Å²) in [4.78, 5) is 67.2. The first kappa shape index (κ1) is 38.0. The summed E-state index contributed by atoms with van der Waals surface area (Å²) in [6, 6.07) is 9.12. The summed E-state index contributed by atoms with van der Waals surface area (Å²) < 4.78 is 16.7. The van der Waals surface area contributed by atoms with Crippen molar-refractivity contribution < 1.29 is 38.2 Å². The largest absolute Gasteiger partial charge is 0.496 e. The van der Waals surface area contributed by atoms with E-state index in [1.54, 1.807) is 67.2 Å². The normalized spacial score (nSPS) is 18.9. The fourth-order valence-corrected chi connectivity index (χ4v) is 5.85. The fourth-order valence-electron chi connectivity index (χ4n) is 5.85. The molecular weight excluding hydrogens is 614 g/mol. The van der Waals surface area contributed by atoms with Crippen LogP contribution in [0.5, 0.6) is 11.5 Å². The van der Waals surface area contributed by atoms with Gasteiger partial charge in [-0.15, -0.1) is 0 Å². The molecule has 0 fully saturated rings. The van der Waals surface area contributed by atoms with E-state index in [2.05, 4.69) is 10.6 Å². The topological polar surface area (TPSA) is 140 Å². The summed E-state index contributed by atoms with van der Waals surface area (Å²) in [5.74, 6) is -1.21. The van der Waals surface area contributed by atoms with Gasteiger partial charge in [0.25, 0.3) is 0 Å². The summed E-state index contributed by atoms with van der Waals surface area (Å²) in [7, 11) is 4.72. The van der Waals surface area contributed by atoms with Crippen molar-refractivity contribution in [1.82, 2.24) is 15.5 Å². The number of benzene rings is 2. The van der Waals surface area contributed by atoms with Crippen LogP contribution in [0, 0.1) is 11.8 Å². The van der Waals surface area contributed by atoms with Gasteiger partial charge < -0.3 is 29.7 Å². The van der Waals surface area contributed by atoms with Crippen molar-refractivity contribution in [1.29, 1.82) is 0 Å². The van der Waals surface area contributed by atoms with Gasteiger partial charge in [0.2, 0.25) is 11.8 Å². The molecule has 2 aromatic rings. The highest BCUT2D eigenvalue weighted by atomic mass is 16.6. The molecule has 0 unspecified atom stereocenters. The Balaban J connectivity index is 1.96. The lowest BCUT2D eigenvalue weighted by Crippen LogP contribution is -2.45. The number of methoxy groups -OCH3 is 2. The van der Waals surface area contributed by atoms with Gasteiger partial charge in [-0.2, -0.15) is 0 Å². The van der Waals surface area contributed by atoms with E-state index in [9.17, 15) is 24.0 Å². The summed E-state index contributed by atoms with van der Waals surface area (Å²) in [6.07, 6.45) is 1.51. The Hall–Kier alpha value is -4.41. The van der Waals surface area contributed by atoms with E-state index >= 15 is 0 Å². The minimum atomic E-state index is -0.991. The molecule has 3 amide bonds. The number of nitrogens with one attached hydrogen (secondary N) is 2. The van der Waals surface area contributed by atoms with Crippen LogP contribution in [0.3, 0.4) is 0 Å². The van der Waals surface area contributed by atoms with Crippen molar-refractivity contribution in [2.45, 2.75) is 91.3 Å². The number of hydrogen-bond acceptors (Lipinski definition) is 8. The molecule has 0 saturated carbocycles. The maximum Gasteiger partial charge on any atom is 0.407 e. The molecular formula is C37H51N3O8. The highest BCUT2D eigenvalue weighted by molar-refractivity contribution is 5.95. The van der Waals surface area contributed by atoms with Gasteiger partial charge in [0.15, 0.2) is 11.6 Å². The van der Waals surface area contributed by atoms with Crippen LogP contribution in [0.4, 0.5) is 4.79 Å². The molecule has 0 aliphatic carbocycles. The summed E-state index contributed by atoms with van der Waals surface area (Å²) >= 11 is 0. The Morgan fingerprint density at radius 3 is 2.21 bits per heavy atom. The maximum absolute atomic E-state index is 14.1. The van der Waals surface area contributed by atoms with Gasteiger partial charge in [-0.3, -0.25) is 19.2 Å². The maximum atomic E-state index is 14.1. The molecule has 0 spiro atoms. The SMILES string of the molecule is COc1ccc2cc1-c1cc(ccc1OC)[C@H](N(C)C(=O)[C@@H](C)CCCCNC(=O)OC(C)(C)C)C(=O)C[C@@H](C)C(=O)N[C@H](C(C)=O)C2. The molecule has 1 aliphatic heterocycles. The second kappa shape index (κ2) is 16.6. The van der Waals surface area contributed by atoms with E-state index in [-0.39, 0.29) is 30.3 Å². The monoisotopic (exact) mass is 665 g/mol. The Labute approximate surface area is 284 Å². The number of rotatable bonds is 10. The number of unbranched alkanes of at least 4 members (excludes halogenated alkanes) is 1. The number of carbonyl (C=O) groups excluding carboxylic acids is 5. The predicted molar refractivity (Wildman–Crippen MR) is 183 cm³/mol. The van der Waals surface area contributed by atoms with E-state index < -0.39 is 41.5 Å². The van der Waals surface area contributed by atoms with Gasteiger partial charge in [0.1, 0.15) is 23.1 Å². The standard InChI is InChI=1S/C37H51N3O8/c1-22(12-10-11-17-38-36(45)48-37(4,5)6)35(44)40(7)33-26-14-16-32(47-9)28(21-26)27-19-25(13-15-31(27)46-8)20-29(24(3)41)39-34(43)23(2)18-30(33)42/h13-16,19,21-23,29,33H,10-12,17-18,20H2,1-9H3,(H,38,45)(H,39,43)/t22-,23+,29-,33-/m0/s1. The molecule has 0 aromatic heterocycles. The molecule has 3 rings (SSSR count). The molecule has 2 N–H and O–H groups in total.